The van der Waals surface area contributed by atoms with Gasteiger partial charge in [-0.3, -0.25) is 0 Å². The predicted octanol–water partition coefficient (Wildman–Crippen LogP) is 0.862. The van der Waals surface area contributed by atoms with Gasteiger partial charge in [0, 0.05) is 31.2 Å². The molecule has 0 bridgehead atoms. The van der Waals surface area contributed by atoms with E-state index in [1.165, 1.54) is 6.26 Å². The quantitative estimate of drug-likeness (QED) is 0.779. The lowest BCUT2D eigenvalue weighted by Gasteiger charge is -2.35. The highest BCUT2D eigenvalue weighted by Crippen LogP contribution is 2.19. The van der Waals surface area contributed by atoms with Gasteiger partial charge in [-0.2, -0.15) is 17.4 Å². The molecular formula is C13H24N4O3S. The molecule has 0 amide bonds. The normalized spacial score (nSPS) is 21.0. The van der Waals surface area contributed by atoms with E-state index in [-0.39, 0.29) is 12.6 Å². The maximum Gasteiger partial charge on any atom is 0.280 e. The van der Waals surface area contributed by atoms with E-state index >= 15 is 0 Å². The Hall–Kier alpha value is -0.960. The van der Waals surface area contributed by atoms with Crippen LogP contribution in [0.4, 0.5) is 0 Å². The van der Waals surface area contributed by atoms with Gasteiger partial charge in [0.15, 0.2) is 0 Å². The van der Waals surface area contributed by atoms with E-state index in [0.29, 0.717) is 24.8 Å². The molecule has 1 aromatic heterocycles. The van der Waals surface area contributed by atoms with Gasteiger partial charge < -0.3 is 9.84 Å². The molecule has 0 aliphatic carbocycles. The lowest BCUT2D eigenvalue weighted by Crippen LogP contribution is -2.52. The number of hydrogen-bond acceptors (Lipinski definition) is 5. The van der Waals surface area contributed by atoms with Gasteiger partial charge in [0.2, 0.25) is 0 Å². The van der Waals surface area contributed by atoms with Crippen molar-refractivity contribution < 1.29 is 12.9 Å². The molecule has 1 atom stereocenters. The van der Waals surface area contributed by atoms with Gasteiger partial charge in [0.05, 0.1) is 12.2 Å². The van der Waals surface area contributed by atoms with Gasteiger partial charge >= 0.3 is 0 Å². The van der Waals surface area contributed by atoms with Gasteiger partial charge in [-0.25, -0.2) is 0 Å². The third-order valence-electron chi connectivity index (χ3n) is 3.57. The summed E-state index contributed by atoms with van der Waals surface area (Å²) in [6.45, 7) is 5.52. The van der Waals surface area contributed by atoms with Crippen LogP contribution in [0.2, 0.25) is 0 Å². The van der Waals surface area contributed by atoms with Crippen LogP contribution in [0.3, 0.4) is 0 Å². The molecule has 2 heterocycles. The number of nitrogens with one attached hydrogen (secondary N) is 2. The standard InChI is InChI=1S/C13H24N4O3S/c1-11(2)14-10-13-5-3-4-7-17(13)21(18,19)15-9-12-6-8-20-16-12/h6,8,11,13-15H,3-5,7,9-10H2,1-2H3. The summed E-state index contributed by atoms with van der Waals surface area (Å²) in [4.78, 5) is 0. The van der Waals surface area contributed by atoms with Crippen LogP contribution in [-0.4, -0.2) is 43.1 Å². The molecular weight excluding hydrogens is 292 g/mol. The predicted molar refractivity (Wildman–Crippen MR) is 79.7 cm³/mol. The fourth-order valence-corrected chi connectivity index (χ4v) is 3.88. The largest absolute Gasteiger partial charge is 0.364 e. The summed E-state index contributed by atoms with van der Waals surface area (Å²) in [6.07, 6.45) is 4.30. The number of aromatic nitrogens is 1. The maximum absolute atomic E-state index is 12.5. The minimum absolute atomic E-state index is 0.0101. The molecule has 2 N–H and O–H groups in total. The van der Waals surface area contributed by atoms with Crippen LogP contribution in [0, 0.1) is 0 Å². The second-order valence-electron chi connectivity index (χ2n) is 5.64. The van der Waals surface area contributed by atoms with Crippen molar-refractivity contribution in [2.24, 2.45) is 0 Å². The number of rotatable bonds is 7. The summed E-state index contributed by atoms with van der Waals surface area (Å²) < 4.78 is 33.8. The molecule has 120 valence electrons. The fourth-order valence-electron chi connectivity index (χ4n) is 2.44. The lowest BCUT2D eigenvalue weighted by atomic mass is 10.0. The molecule has 2 rings (SSSR count). The van der Waals surface area contributed by atoms with E-state index in [1.807, 2.05) is 0 Å². The van der Waals surface area contributed by atoms with E-state index in [4.69, 9.17) is 4.52 Å². The Bertz CT molecular complexity index is 516. The zero-order chi connectivity index (χ0) is 15.3. The van der Waals surface area contributed by atoms with Crippen molar-refractivity contribution in [3.05, 3.63) is 18.0 Å². The summed E-state index contributed by atoms with van der Waals surface area (Å²) in [7, 11) is -3.49. The number of nitrogens with zero attached hydrogens (tertiary/aromatic N) is 2. The molecule has 0 aromatic carbocycles. The summed E-state index contributed by atoms with van der Waals surface area (Å²) in [6, 6.07) is 2.01. The first-order valence-electron chi connectivity index (χ1n) is 7.38. The van der Waals surface area contributed by atoms with Crippen LogP contribution in [0.15, 0.2) is 16.9 Å². The molecule has 0 saturated carbocycles. The monoisotopic (exact) mass is 316 g/mol. The summed E-state index contributed by atoms with van der Waals surface area (Å²) >= 11 is 0. The van der Waals surface area contributed by atoms with Crippen LogP contribution < -0.4 is 10.0 Å². The molecule has 1 unspecified atom stereocenters. The molecule has 1 aliphatic heterocycles. The highest BCUT2D eigenvalue weighted by molar-refractivity contribution is 7.87. The van der Waals surface area contributed by atoms with Crippen LogP contribution in [0.5, 0.6) is 0 Å². The van der Waals surface area contributed by atoms with Crippen molar-refractivity contribution in [2.75, 3.05) is 13.1 Å². The van der Waals surface area contributed by atoms with Gasteiger partial charge in [-0.05, 0) is 12.8 Å². The van der Waals surface area contributed by atoms with E-state index in [1.54, 1.807) is 10.4 Å². The highest BCUT2D eigenvalue weighted by atomic mass is 32.2. The SMILES string of the molecule is CC(C)NCC1CCCCN1S(=O)(=O)NCc1ccon1. The zero-order valence-electron chi connectivity index (χ0n) is 12.6. The topological polar surface area (TPSA) is 87.5 Å². The van der Waals surface area contributed by atoms with Gasteiger partial charge in [-0.1, -0.05) is 25.4 Å². The average molecular weight is 316 g/mol. The zero-order valence-corrected chi connectivity index (χ0v) is 13.4. The third-order valence-corrected chi connectivity index (χ3v) is 5.18. The van der Waals surface area contributed by atoms with Crippen molar-refractivity contribution in [1.29, 1.82) is 0 Å². The van der Waals surface area contributed by atoms with Crippen molar-refractivity contribution in [2.45, 2.75) is 51.7 Å². The Morgan fingerprint density at radius 3 is 2.95 bits per heavy atom. The second kappa shape index (κ2) is 7.35. The molecule has 1 saturated heterocycles. The van der Waals surface area contributed by atoms with E-state index in [9.17, 15) is 8.42 Å². The molecule has 1 aromatic rings. The molecule has 0 spiro atoms. The van der Waals surface area contributed by atoms with Crippen LogP contribution in [0.1, 0.15) is 38.8 Å². The Morgan fingerprint density at radius 2 is 2.29 bits per heavy atom. The number of piperidine rings is 1. The smallest absolute Gasteiger partial charge is 0.280 e. The maximum atomic E-state index is 12.5. The summed E-state index contributed by atoms with van der Waals surface area (Å²) in [5.41, 5.74) is 0.576. The lowest BCUT2D eigenvalue weighted by molar-refractivity contribution is 0.239. The molecule has 0 radical (unpaired) electrons. The van der Waals surface area contributed by atoms with E-state index in [0.717, 1.165) is 19.3 Å². The summed E-state index contributed by atoms with van der Waals surface area (Å²) in [5, 5.41) is 7.04. The molecule has 8 heteroatoms. The Morgan fingerprint density at radius 1 is 1.48 bits per heavy atom. The first kappa shape index (κ1) is 16.4. The first-order chi connectivity index (χ1) is 9.99. The minimum atomic E-state index is -3.49. The molecule has 21 heavy (non-hydrogen) atoms. The number of hydrogen-bond donors (Lipinski definition) is 2. The molecule has 1 aliphatic rings. The average Bonchev–Trinajstić information content (AvgIpc) is 2.97. The minimum Gasteiger partial charge on any atom is -0.364 e. The molecule has 1 fully saturated rings. The summed E-state index contributed by atoms with van der Waals surface area (Å²) in [5.74, 6) is 0. The van der Waals surface area contributed by atoms with Crippen molar-refractivity contribution in [3.63, 3.8) is 0 Å². The third kappa shape index (κ3) is 4.77. The van der Waals surface area contributed by atoms with Crippen LogP contribution >= 0.6 is 0 Å². The van der Waals surface area contributed by atoms with E-state index in [2.05, 4.69) is 29.0 Å². The van der Waals surface area contributed by atoms with Crippen molar-refractivity contribution in [1.82, 2.24) is 19.5 Å². The Kier molecular flexibility index (Phi) is 5.74. The highest BCUT2D eigenvalue weighted by Gasteiger charge is 2.31. The Labute approximate surface area is 126 Å². The molecule has 7 nitrogen and oxygen atoms in total. The van der Waals surface area contributed by atoms with Crippen LogP contribution in [-0.2, 0) is 16.8 Å². The van der Waals surface area contributed by atoms with Crippen LogP contribution in [0.25, 0.3) is 0 Å². The van der Waals surface area contributed by atoms with Crippen molar-refractivity contribution >= 4 is 10.2 Å². The van der Waals surface area contributed by atoms with Gasteiger partial charge in [-0.15, -0.1) is 0 Å². The van der Waals surface area contributed by atoms with Gasteiger partial charge in [0.1, 0.15) is 6.26 Å². The first-order valence-corrected chi connectivity index (χ1v) is 8.82. The fraction of sp³-hybridized carbons (Fsp3) is 0.769. The Balaban J connectivity index is 1.97. The second-order valence-corrected chi connectivity index (χ2v) is 7.35. The van der Waals surface area contributed by atoms with E-state index < -0.39 is 10.2 Å². The van der Waals surface area contributed by atoms with Gasteiger partial charge in [0.25, 0.3) is 10.2 Å². The van der Waals surface area contributed by atoms with Crippen molar-refractivity contribution in [3.8, 4) is 0 Å².